The first-order chi connectivity index (χ1) is 8.74. The van der Waals surface area contributed by atoms with Gasteiger partial charge in [-0.25, -0.2) is 0 Å². The summed E-state index contributed by atoms with van der Waals surface area (Å²) in [5.74, 6) is 0. The first-order valence-electron chi connectivity index (χ1n) is 7.06. The summed E-state index contributed by atoms with van der Waals surface area (Å²) in [6.45, 7) is 6.61. The molecule has 0 aromatic rings. The Balaban J connectivity index is 1.58. The number of rotatable bonds is 5. The van der Waals surface area contributed by atoms with E-state index in [2.05, 4.69) is 16.8 Å². The maximum absolute atomic E-state index is 9.90. The maximum atomic E-state index is 9.90. The summed E-state index contributed by atoms with van der Waals surface area (Å²) in [5.41, 5.74) is 0. The number of morpholine rings is 1. The molecule has 0 aromatic carbocycles. The lowest BCUT2D eigenvalue weighted by Crippen LogP contribution is -2.39. The Kier molecular flexibility index (Phi) is 5.85. The summed E-state index contributed by atoms with van der Waals surface area (Å²) in [4.78, 5) is 4.63. The first kappa shape index (κ1) is 14.2. The van der Waals surface area contributed by atoms with E-state index >= 15 is 0 Å². The summed E-state index contributed by atoms with van der Waals surface area (Å²) in [6, 6.07) is 0. The van der Waals surface area contributed by atoms with Gasteiger partial charge in [0.2, 0.25) is 0 Å². The first-order valence-corrected chi connectivity index (χ1v) is 7.06. The third-order valence-electron chi connectivity index (χ3n) is 3.81. The van der Waals surface area contributed by atoms with Gasteiger partial charge in [0.15, 0.2) is 6.29 Å². The number of aliphatic hydroxyl groups excluding tert-OH is 1. The van der Waals surface area contributed by atoms with Gasteiger partial charge >= 0.3 is 0 Å². The average Bonchev–Trinajstić information content (AvgIpc) is 2.40. The van der Waals surface area contributed by atoms with Gasteiger partial charge in [-0.05, 0) is 19.9 Å². The fourth-order valence-electron chi connectivity index (χ4n) is 2.53. The van der Waals surface area contributed by atoms with Crippen molar-refractivity contribution in [3.63, 3.8) is 0 Å². The second-order valence-corrected chi connectivity index (χ2v) is 5.34. The summed E-state index contributed by atoms with van der Waals surface area (Å²) < 4.78 is 11.0. The predicted octanol–water partition coefficient (Wildman–Crippen LogP) is 0.138. The molecule has 2 saturated heterocycles. The Labute approximate surface area is 110 Å². The zero-order valence-electron chi connectivity index (χ0n) is 11.4. The van der Waals surface area contributed by atoms with Gasteiger partial charge in [0.25, 0.3) is 0 Å². The molecule has 1 unspecified atom stereocenters. The van der Waals surface area contributed by atoms with Crippen LogP contribution in [0.4, 0.5) is 0 Å². The highest BCUT2D eigenvalue weighted by atomic mass is 16.6. The second kappa shape index (κ2) is 7.40. The molecule has 0 saturated carbocycles. The standard InChI is InChI=1S/C13H26N2O3/c1-14-5-2-12(3-6-14)18-13(16)4-7-15-8-10-17-11-9-15/h12-13,16H,2-11H2,1H3. The molecule has 0 spiro atoms. The molecule has 106 valence electrons. The smallest absolute Gasteiger partial charge is 0.156 e. The monoisotopic (exact) mass is 258 g/mol. The van der Waals surface area contributed by atoms with Crippen LogP contribution in [0.25, 0.3) is 0 Å². The number of hydrogen-bond acceptors (Lipinski definition) is 5. The van der Waals surface area contributed by atoms with Crippen molar-refractivity contribution in [3.05, 3.63) is 0 Å². The van der Waals surface area contributed by atoms with E-state index in [1.165, 1.54) is 0 Å². The van der Waals surface area contributed by atoms with Gasteiger partial charge in [-0.15, -0.1) is 0 Å². The zero-order chi connectivity index (χ0) is 12.8. The maximum Gasteiger partial charge on any atom is 0.156 e. The summed E-state index contributed by atoms with van der Waals surface area (Å²) in [5, 5.41) is 9.90. The quantitative estimate of drug-likeness (QED) is 0.711. The van der Waals surface area contributed by atoms with Crippen LogP contribution in [0.5, 0.6) is 0 Å². The molecule has 5 nitrogen and oxygen atoms in total. The summed E-state index contributed by atoms with van der Waals surface area (Å²) in [6.07, 6.45) is 2.39. The van der Waals surface area contributed by atoms with Crippen LogP contribution in [0.15, 0.2) is 0 Å². The van der Waals surface area contributed by atoms with E-state index in [-0.39, 0.29) is 6.10 Å². The highest BCUT2D eigenvalue weighted by Gasteiger charge is 2.20. The third kappa shape index (κ3) is 4.82. The third-order valence-corrected chi connectivity index (χ3v) is 3.81. The van der Waals surface area contributed by atoms with Crippen LogP contribution in [0.3, 0.4) is 0 Å². The molecule has 2 fully saturated rings. The molecule has 0 aromatic heterocycles. The van der Waals surface area contributed by atoms with E-state index in [0.29, 0.717) is 6.42 Å². The molecule has 1 atom stereocenters. The van der Waals surface area contributed by atoms with Gasteiger partial charge in [-0.2, -0.15) is 0 Å². The molecule has 5 heteroatoms. The van der Waals surface area contributed by atoms with E-state index in [9.17, 15) is 5.11 Å². The zero-order valence-corrected chi connectivity index (χ0v) is 11.4. The van der Waals surface area contributed by atoms with Gasteiger partial charge in [-0.3, -0.25) is 4.90 Å². The van der Waals surface area contributed by atoms with Crippen molar-refractivity contribution in [1.82, 2.24) is 9.80 Å². The Morgan fingerprint density at radius 1 is 1.22 bits per heavy atom. The van der Waals surface area contributed by atoms with E-state index in [1.807, 2.05) is 0 Å². The van der Waals surface area contributed by atoms with Gasteiger partial charge in [-0.1, -0.05) is 0 Å². The van der Waals surface area contributed by atoms with Crippen molar-refractivity contribution in [3.8, 4) is 0 Å². The van der Waals surface area contributed by atoms with Crippen molar-refractivity contribution in [1.29, 1.82) is 0 Å². The number of ether oxygens (including phenoxy) is 2. The van der Waals surface area contributed by atoms with Crippen molar-refractivity contribution in [2.24, 2.45) is 0 Å². The van der Waals surface area contributed by atoms with Crippen LogP contribution >= 0.6 is 0 Å². The molecular weight excluding hydrogens is 232 g/mol. The van der Waals surface area contributed by atoms with Crippen LogP contribution in [-0.4, -0.2) is 80.3 Å². The lowest BCUT2D eigenvalue weighted by Gasteiger charge is -2.31. The molecule has 2 aliphatic heterocycles. The summed E-state index contributed by atoms with van der Waals surface area (Å²) >= 11 is 0. The minimum absolute atomic E-state index is 0.237. The van der Waals surface area contributed by atoms with Crippen molar-refractivity contribution >= 4 is 0 Å². The SMILES string of the molecule is CN1CCC(OC(O)CCN2CCOCC2)CC1. The molecule has 0 amide bonds. The Bertz CT molecular complexity index is 226. The Morgan fingerprint density at radius 3 is 2.56 bits per heavy atom. The fraction of sp³-hybridized carbons (Fsp3) is 1.00. The fourth-order valence-corrected chi connectivity index (χ4v) is 2.53. The van der Waals surface area contributed by atoms with Crippen molar-refractivity contribution in [2.45, 2.75) is 31.7 Å². The topological polar surface area (TPSA) is 45.2 Å². The predicted molar refractivity (Wildman–Crippen MR) is 69.5 cm³/mol. The second-order valence-electron chi connectivity index (χ2n) is 5.34. The average molecular weight is 258 g/mol. The van der Waals surface area contributed by atoms with Crippen LogP contribution in [-0.2, 0) is 9.47 Å². The Morgan fingerprint density at radius 2 is 1.89 bits per heavy atom. The minimum Gasteiger partial charge on any atom is -0.379 e. The molecule has 0 radical (unpaired) electrons. The number of likely N-dealkylation sites (tertiary alicyclic amines) is 1. The molecule has 2 rings (SSSR count). The number of nitrogens with zero attached hydrogens (tertiary/aromatic N) is 2. The van der Waals surface area contributed by atoms with Gasteiger partial charge in [0.05, 0.1) is 19.3 Å². The van der Waals surface area contributed by atoms with Crippen LogP contribution < -0.4 is 0 Å². The summed E-state index contributed by atoms with van der Waals surface area (Å²) in [7, 11) is 2.13. The van der Waals surface area contributed by atoms with Gasteiger partial charge in [0, 0.05) is 39.1 Å². The van der Waals surface area contributed by atoms with Gasteiger partial charge < -0.3 is 19.5 Å². The molecule has 18 heavy (non-hydrogen) atoms. The van der Waals surface area contributed by atoms with E-state index in [4.69, 9.17) is 9.47 Å². The van der Waals surface area contributed by atoms with Crippen LogP contribution in [0.2, 0.25) is 0 Å². The molecule has 2 heterocycles. The van der Waals surface area contributed by atoms with Crippen LogP contribution in [0, 0.1) is 0 Å². The van der Waals surface area contributed by atoms with Crippen molar-refractivity contribution < 1.29 is 14.6 Å². The molecule has 0 aliphatic carbocycles. The highest BCUT2D eigenvalue weighted by Crippen LogP contribution is 2.14. The van der Waals surface area contributed by atoms with Gasteiger partial charge in [0.1, 0.15) is 0 Å². The van der Waals surface area contributed by atoms with Crippen LogP contribution in [0.1, 0.15) is 19.3 Å². The molecule has 0 bridgehead atoms. The van der Waals surface area contributed by atoms with E-state index in [1.54, 1.807) is 0 Å². The van der Waals surface area contributed by atoms with Crippen molar-refractivity contribution in [2.75, 3.05) is 53.0 Å². The Hall–Kier alpha value is -0.200. The lowest BCUT2D eigenvalue weighted by molar-refractivity contribution is -0.152. The molecule has 2 aliphatic rings. The lowest BCUT2D eigenvalue weighted by atomic mass is 10.1. The molecule has 1 N–H and O–H groups in total. The van der Waals surface area contributed by atoms with E-state index < -0.39 is 6.29 Å². The normalized spacial score (nSPS) is 26.3. The van der Waals surface area contributed by atoms with E-state index in [0.717, 1.165) is 58.8 Å². The molecular formula is C13H26N2O3. The number of hydrogen-bond donors (Lipinski definition) is 1. The minimum atomic E-state index is -0.610. The largest absolute Gasteiger partial charge is 0.379 e. The highest BCUT2D eigenvalue weighted by molar-refractivity contribution is 4.70. The number of piperidine rings is 1. The number of aliphatic hydroxyl groups is 1.